The molecule has 0 aromatic carbocycles. The Labute approximate surface area is 51.6 Å². The minimum absolute atomic E-state index is 0.621. The van der Waals surface area contributed by atoms with Crippen LogP contribution in [0.25, 0.3) is 0 Å². The van der Waals surface area contributed by atoms with Crippen LogP contribution in [0.2, 0.25) is 0 Å². The maximum absolute atomic E-state index is 2.85. The quantitative estimate of drug-likeness (QED) is 0.452. The zero-order valence-electron chi connectivity index (χ0n) is 5.73. The molecule has 0 heterocycles. The lowest BCUT2D eigenvalue weighted by molar-refractivity contribution is 0.832. The summed E-state index contributed by atoms with van der Waals surface area (Å²) >= 11 is 0. The van der Waals surface area contributed by atoms with Crippen molar-refractivity contribution in [1.82, 2.24) is 0 Å². The van der Waals surface area contributed by atoms with Gasteiger partial charge in [0.15, 0.2) is 0 Å². The third-order valence-electron chi connectivity index (χ3n) is 0.709. The molecular weight excluding hydrogens is 96.1 g/mol. The van der Waals surface area contributed by atoms with Gasteiger partial charge < -0.3 is 0 Å². The lowest BCUT2D eigenvalue weighted by Crippen LogP contribution is -1.74. The molecular formula is C8H12. The summed E-state index contributed by atoms with van der Waals surface area (Å²) in [6.07, 6.45) is 3.97. The first-order valence-electron chi connectivity index (χ1n) is 2.86. The van der Waals surface area contributed by atoms with Gasteiger partial charge in [-0.05, 0) is 18.9 Å². The van der Waals surface area contributed by atoms with Crippen LogP contribution in [0.1, 0.15) is 20.8 Å². The molecule has 0 aromatic rings. The van der Waals surface area contributed by atoms with Crippen LogP contribution in [0.4, 0.5) is 0 Å². The van der Waals surface area contributed by atoms with Crippen molar-refractivity contribution >= 4 is 0 Å². The molecule has 0 saturated carbocycles. The Morgan fingerprint density at radius 3 is 2.38 bits per heavy atom. The van der Waals surface area contributed by atoms with Crippen molar-refractivity contribution in [2.45, 2.75) is 20.8 Å². The Morgan fingerprint density at radius 1 is 1.38 bits per heavy atom. The minimum atomic E-state index is 0.621. The normalized spacial score (nSPS) is 9.50. The predicted molar refractivity (Wildman–Crippen MR) is 37.4 cm³/mol. The van der Waals surface area contributed by atoms with E-state index in [0.717, 1.165) is 0 Å². The van der Waals surface area contributed by atoms with Gasteiger partial charge in [0.05, 0.1) is 0 Å². The highest BCUT2D eigenvalue weighted by molar-refractivity contribution is 5.13. The second kappa shape index (κ2) is 4.46. The molecule has 0 amide bonds. The van der Waals surface area contributed by atoms with Crippen molar-refractivity contribution in [1.29, 1.82) is 0 Å². The predicted octanol–water partition coefficient (Wildman–Crippen LogP) is 2.22. The van der Waals surface area contributed by atoms with Gasteiger partial charge in [0.1, 0.15) is 0 Å². The summed E-state index contributed by atoms with van der Waals surface area (Å²) in [4.78, 5) is 0. The highest BCUT2D eigenvalue weighted by Gasteiger charge is 1.77. The van der Waals surface area contributed by atoms with E-state index >= 15 is 0 Å². The zero-order valence-corrected chi connectivity index (χ0v) is 5.73. The Hall–Kier alpha value is -0.700. The van der Waals surface area contributed by atoms with E-state index in [1.165, 1.54) is 0 Å². The van der Waals surface area contributed by atoms with Crippen LogP contribution >= 0.6 is 0 Å². The molecule has 0 fully saturated rings. The van der Waals surface area contributed by atoms with Crippen LogP contribution in [0, 0.1) is 17.8 Å². The van der Waals surface area contributed by atoms with Crippen LogP contribution in [0.3, 0.4) is 0 Å². The fourth-order valence-electron chi connectivity index (χ4n) is 0.324. The molecule has 0 bridgehead atoms. The second-order valence-electron chi connectivity index (χ2n) is 2.00. The van der Waals surface area contributed by atoms with Gasteiger partial charge in [-0.3, -0.25) is 0 Å². The van der Waals surface area contributed by atoms with Gasteiger partial charge >= 0.3 is 0 Å². The fourth-order valence-corrected chi connectivity index (χ4v) is 0.324. The fraction of sp³-hybridized carbons (Fsp3) is 0.500. The van der Waals surface area contributed by atoms with Crippen LogP contribution in [-0.2, 0) is 0 Å². The van der Waals surface area contributed by atoms with E-state index in [0.29, 0.717) is 5.92 Å². The maximum Gasteiger partial charge on any atom is -0.00235 e. The molecule has 44 valence electrons. The van der Waals surface area contributed by atoms with Crippen LogP contribution < -0.4 is 0 Å². The molecule has 0 heteroatoms. The number of hydrogen-bond acceptors (Lipinski definition) is 0. The summed E-state index contributed by atoms with van der Waals surface area (Å²) in [5.74, 6) is 6.26. The monoisotopic (exact) mass is 108 g/mol. The molecule has 0 aliphatic carbocycles. The SMILES string of the molecule is CC#CC=CC(C)C. The summed E-state index contributed by atoms with van der Waals surface area (Å²) in [5, 5.41) is 0. The summed E-state index contributed by atoms with van der Waals surface area (Å²) in [5.41, 5.74) is 0. The van der Waals surface area contributed by atoms with E-state index in [2.05, 4.69) is 31.8 Å². The number of allylic oxidation sites excluding steroid dienone is 2. The maximum atomic E-state index is 2.85. The number of hydrogen-bond donors (Lipinski definition) is 0. The summed E-state index contributed by atoms with van der Waals surface area (Å²) in [6.45, 7) is 6.10. The summed E-state index contributed by atoms with van der Waals surface area (Å²) in [6, 6.07) is 0. The molecule has 0 unspecified atom stereocenters. The molecule has 0 N–H and O–H groups in total. The van der Waals surface area contributed by atoms with Crippen molar-refractivity contribution in [3.05, 3.63) is 12.2 Å². The number of rotatable bonds is 1. The van der Waals surface area contributed by atoms with Gasteiger partial charge in [0.25, 0.3) is 0 Å². The Balaban J connectivity index is 3.45. The molecule has 0 spiro atoms. The van der Waals surface area contributed by atoms with Gasteiger partial charge in [-0.25, -0.2) is 0 Å². The first kappa shape index (κ1) is 7.30. The molecule has 0 aromatic heterocycles. The van der Waals surface area contributed by atoms with Crippen molar-refractivity contribution in [2.24, 2.45) is 5.92 Å². The molecule has 0 aliphatic rings. The van der Waals surface area contributed by atoms with Crippen LogP contribution in [0.15, 0.2) is 12.2 Å². The van der Waals surface area contributed by atoms with Crippen LogP contribution in [-0.4, -0.2) is 0 Å². The van der Waals surface area contributed by atoms with Gasteiger partial charge in [-0.1, -0.05) is 25.8 Å². The Kier molecular flexibility index (Phi) is 4.07. The van der Waals surface area contributed by atoms with E-state index in [4.69, 9.17) is 0 Å². The van der Waals surface area contributed by atoms with E-state index in [1.807, 2.05) is 13.0 Å². The van der Waals surface area contributed by atoms with Gasteiger partial charge in [-0.15, -0.1) is 5.92 Å². The molecule has 0 atom stereocenters. The largest absolute Gasteiger partial charge is 0.102 e. The summed E-state index contributed by atoms with van der Waals surface area (Å²) < 4.78 is 0. The van der Waals surface area contributed by atoms with Crippen molar-refractivity contribution in [2.75, 3.05) is 0 Å². The molecule has 0 nitrogen and oxygen atoms in total. The van der Waals surface area contributed by atoms with E-state index in [-0.39, 0.29) is 0 Å². The van der Waals surface area contributed by atoms with Crippen molar-refractivity contribution in [3.63, 3.8) is 0 Å². The van der Waals surface area contributed by atoms with Gasteiger partial charge in [-0.2, -0.15) is 0 Å². The molecule has 0 radical (unpaired) electrons. The second-order valence-corrected chi connectivity index (χ2v) is 2.00. The first-order chi connectivity index (χ1) is 3.77. The average molecular weight is 108 g/mol. The van der Waals surface area contributed by atoms with Crippen molar-refractivity contribution < 1.29 is 0 Å². The molecule has 0 rings (SSSR count). The van der Waals surface area contributed by atoms with E-state index in [1.54, 1.807) is 0 Å². The third-order valence-corrected chi connectivity index (χ3v) is 0.709. The third kappa shape index (κ3) is 5.30. The van der Waals surface area contributed by atoms with E-state index < -0.39 is 0 Å². The Bertz CT molecular complexity index is 119. The molecule has 0 saturated heterocycles. The summed E-state index contributed by atoms with van der Waals surface area (Å²) in [7, 11) is 0. The zero-order chi connectivity index (χ0) is 6.41. The van der Waals surface area contributed by atoms with E-state index in [9.17, 15) is 0 Å². The Morgan fingerprint density at radius 2 is 2.00 bits per heavy atom. The lowest BCUT2D eigenvalue weighted by atomic mass is 10.2. The topological polar surface area (TPSA) is 0 Å². The van der Waals surface area contributed by atoms with Crippen LogP contribution in [0.5, 0.6) is 0 Å². The molecule has 8 heavy (non-hydrogen) atoms. The lowest BCUT2D eigenvalue weighted by Gasteiger charge is -1.86. The van der Waals surface area contributed by atoms with Gasteiger partial charge in [0, 0.05) is 0 Å². The highest BCUT2D eigenvalue weighted by atomic mass is 13.8. The van der Waals surface area contributed by atoms with Gasteiger partial charge in [0.2, 0.25) is 0 Å². The highest BCUT2D eigenvalue weighted by Crippen LogP contribution is 1.90. The average Bonchev–Trinajstić information content (AvgIpc) is 1.66. The van der Waals surface area contributed by atoms with Crippen molar-refractivity contribution in [3.8, 4) is 11.8 Å². The first-order valence-corrected chi connectivity index (χ1v) is 2.86. The smallest absolute Gasteiger partial charge is 0.00235 e. The minimum Gasteiger partial charge on any atom is -0.102 e. The molecule has 0 aliphatic heterocycles. The standard InChI is InChI=1S/C8H12/c1-4-5-6-7-8(2)3/h6-8H,1-3H3.